The van der Waals surface area contributed by atoms with Gasteiger partial charge in [0.05, 0.1) is 23.9 Å². The lowest BCUT2D eigenvalue weighted by molar-refractivity contribution is 0.231. The lowest BCUT2D eigenvalue weighted by atomic mass is 9.99. The third-order valence-electron chi connectivity index (χ3n) is 4.68. The van der Waals surface area contributed by atoms with Crippen molar-refractivity contribution in [3.8, 4) is 28.3 Å². The van der Waals surface area contributed by atoms with Crippen molar-refractivity contribution in [1.29, 1.82) is 0 Å². The molecular weight excluding hydrogens is 312 g/mol. The van der Waals surface area contributed by atoms with E-state index in [4.69, 9.17) is 9.84 Å². The Balaban J connectivity index is 1.77. The molecule has 1 aliphatic heterocycles. The first-order valence-electron chi connectivity index (χ1n) is 8.54. The van der Waals surface area contributed by atoms with Gasteiger partial charge in [0.25, 0.3) is 0 Å². The van der Waals surface area contributed by atoms with Crippen molar-refractivity contribution in [3.05, 3.63) is 54.2 Å². The minimum Gasteiger partial charge on any atom is -0.477 e. The number of aryl methyl sites for hydroxylation is 2. The van der Waals surface area contributed by atoms with E-state index in [9.17, 15) is 0 Å². The Kier molecular flexibility index (Phi) is 3.13. The second-order valence-electron chi connectivity index (χ2n) is 6.50. The Hall–Kier alpha value is -3.08. The fourth-order valence-electron chi connectivity index (χ4n) is 3.48. The summed E-state index contributed by atoms with van der Waals surface area (Å²) >= 11 is 0. The number of ether oxygens (including phenoxy) is 1. The van der Waals surface area contributed by atoms with Gasteiger partial charge in [0.15, 0.2) is 0 Å². The van der Waals surface area contributed by atoms with Gasteiger partial charge in [0.2, 0.25) is 5.88 Å². The van der Waals surface area contributed by atoms with Crippen LogP contribution < -0.4 is 4.74 Å². The Morgan fingerprint density at radius 3 is 3.00 bits per heavy atom. The van der Waals surface area contributed by atoms with Gasteiger partial charge in [0.1, 0.15) is 5.69 Å². The number of aromatic amines is 1. The third-order valence-corrected chi connectivity index (χ3v) is 4.68. The zero-order valence-corrected chi connectivity index (χ0v) is 14.0. The number of nitrogens with one attached hydrogen (secondary N) is 1. The van der Waals surface area contributed by atoms with Crippen molar-refractivity contribution in [2.75, 3.05) is 6.61 Å². The molecular formula is C20H18N4O. The van der Waals surface area contributed by atoms with Gasteiger partial charge in [-0.05, 0) is 30.7 Å². The Morgan fingerprint density at radius 1 is 1.12 bits per heavy atom. The molecule has 4 aromatic rings. The molecule has 1 N–H and O–H groups in total. The van der Waals surface area contributed by atoms with E-state index in [0.29, 0.717) is 0 Å². The molecule has 2 aromatic carbocycles. The van der Waals surface area contributed by atoms with Crippen LogP contribution in [0.5, 0.6) is 5.88 Å². The van der Waals surface area contributed by atoms with Gasteiger partial charge < -0.3 is 4.74 Å². The zero-order valence-electron chi connectivity index (χ0n) is 14.0. The van der Waals surface area contributed by atoms with Crippen molar-refractivity contribution >= 4 is 10.9 Å². The van der Waals surface area contributed by atoms with Gasteiger partial charge in [-0.2, -0.15) is 10.2 Å². The molecule has 0 amide bonds. The second-order valence-corrected chi connectivity index (χ2v) is 6.50. The molecule has 5 nitrogen and oxygen atoms in total. The normalized spacial score (nSPS) is 13.6. The van der Waals surface area contributed by atoms with E-state index in [-0.39, 0.29) is 0 Å². The molecule has 5 heteroatoms. The number of H-pyrrole nitrogens is 1. The standard InChI is InChI=1S/C20H18N4O/c1-13-4-2-5-15(10-13)19-18(20-24(23-19)8-3-9-25-20)14-6-7-17-16(11-14)12-21-22-17/h2,4-7,10-12H,3,8-9H2,1H3,(H,21,22). The average molecular weight is 330 g/mol. The molecule has 0 spiro atoms. The van der Waals surface area contributed by atoms with Crippen LogP contribution in [0.2, 0.25) is 0 Å². The molecule has 1 aliphatic rings. The molecule has 25 heavy (non-hydrogen) atoms. The summed E-state index contributed by atoms with van der Waals surface area (Å²) in [4.78, 5) is 0. The maximum absolute atomic E-state index is 6.01. The minimum atomic E-state index is 0.736. The van der Waals surface area contributed by atoms with Crippen LogP contribution in [-0.4, -0.2) is 26.6 Å². The monoisotopic (exact) mass is 330 g/mol. The quantitative estimate of drug-likeness (QED) is 0.600. The number of rotatable bonds is 2. The van der Waals surface area contributed by atoms with E-state index in [1.165, 1.54) is 5.56 Å². The molecule has 5 rings (SSSR count). The summed E-state index contributed by atoms with van der Waals surface area (Å²) in [6, 6.07) is 14.8. The summed E-state index contributed by atoms with van der Waals surface area (Å²) in [6.45, 7) is 3.73. The molecule has 0 saturated carbocycles. The van der Waals surface area contributed by atoms with Gasteiger partial charge in [-0.3, -0.25) is 5.10 Å². The van der Waals surface area contributed by atoms with Crippen molar-refractivity contribution in [2.45, 2.75) is 19.9 Å². The van der Waals surface area contributed by atoms with Crippen molar-refractivity contribution in [1.82, 2.24) is 20.0 Å². The molecule has 0 radical (unpaired) electrons. The highest BCUT2D eigenvalue weighted by atomic mass is 16.5. The van der Waals surface area contributed by atoms with Gasteiger partial charge in [0, 0.05) is 23.9 Å². The maximum Gasteiger partial charge on any atom is 0.220 e. The SMILES string of the molecule is Cc1cccc(-c2nn3c(c2-c2ccc4[nH]ncc4c2)OCCC3)c1. The number of benzene rings is 2. The predicted molar refractivity (Wildman–Crippen MR) is 97.6 cm³/mol. The highest BCUT2D eigenvalue weighted by molar-refractivity contribution is 5.90. The predicted octanol–water partition coefficient (Wildman–Crippen LogP) is 4.18. The second kappa shape index (κ2) is 5.48. The molecule has 0 bridgehead atoms. The smallest absolute Gasteiger partial charge is 0.220 e. The lowest BCUT2D eigenvalue weighted by Gasteiger charge is -2.16. The van der Waals surface area contributed by atoms with E-state index >= 15 is 0 Å². The minimum absolute atomic E-state index is 0.736. The molecule has 0 saturated heterocycles. The fourth-order valence-corrected chi connectivity index (χ4v) is 3.48. The van der Waals surface area contributed by atoms with Gasteiger partial charge >= 0.3 is 0 Å². The van der Waals surface area contributed by atoms with Crippen molar-refractivity contribution in [3.63, 3.8) is 0 Å². The number of aromatic nitrogens is 4. The highest BCUT2D eigenvalue weighted by Gasteiger charge is 2.24. The Labute approximate surface area is 145 Å². The van der Waals surface area contributed by atoms with Crippen molar-refractivity contribution < 1.29 is 4.74 Å². The summed E-state index contributed by atoms with van der Waals surface area (Å²) in [7, 11) is 0. The average Bonchev–Trinajstić information content (AvgIpc) is 3.25. The third kappa shape index (κ3) is 2.31. The number of hydrogen-bond acceptors (Lipinski definition) is 3. The van der Waals surface area contributed by atoms with Crippen LogP contribution in [0.15, 0.2) is 48.7 Å². The van der Waals surface area contributed by atoms with Gasteiger partial charge in [-0.15, -0.1) is 0 Å². The van der Waals surface area contributed by atoms with Crippen LogP contribution in [0, 0.1) is 6.92 Å². The van der Waals surface area contributed by atoms with E-state index < -0.39 is 0 Å². The van der Waals surface area contributed by atoms with Crippen LogP contribution in [0.25, 0.3) is 33.3 Å². The molecule has 0 unspecified atom stereocenters. The topological polar surface area (TPSA) is 55.7 Å². The van der Waals surface area contributed by atoms with E-state index in [0.717, 1.165) is 58.7 Å². The van der Waals surface area contributed by atoms with Crippen LogP contribution >= 0.6 is 0 Å². The van der Waals surface area contributed by atoms with E-state index in [1.54, 1.807) is 0 Å². The van der Waals surface area contributed by atoms with Crippen molar-refractivity contribution in [2.24, 2.45) is 0 Å². The molecule has 3 heterocycles. The maximum atomic E-state index is 6.01. The number of nitrogens with zero attached hydrogens (tertiary/aromatic N) is 3. The highest BCUT2D eigenvalue weighted by Crippen LogP contribution is 2.41. The summed E-state index contributed by atoms with van der Waals surface area (Å²) in [6.07, 6.45) is 2.84. The first-order chi connectivity index (χ1) is 12.3. The van der Waals surface area contributed by atoms with E-state index in [2.05, 4.69) is 59.6 Å². The number of hydrogen-bond donors (Lipinski definition) is 1. The van der Waals surface area contributed by atoms with Crippen LogP contribution in [0.3, 0.4) is 0 Å². The molecule has 124 valence electrons. The van der Waals surface area contributed by atoms with Crippen LogP contribution in [-0.2, 0) is 6.54 Å². The zero-order chi connectivity index (χ0) is 16.8. The van der Waals surface area contributed by atoms with Gasteiger partial charge in [-0.25, -0.2) is 4.68 Å². The van der Waals surface area contributed by atoms with Crippen LogP contribution in [0.4, 0.5) is 0 Å². The largest absolute Gasteiger partial charge is 0.477 e. The summed E-state index contributed by atoms with van der Waals surface area (Å²) < 4.78 is 8.01. The number of fused-ring (bicyclic) bond motifs is 2. The fraction of sp³-hybridized carbons (Fsp3) is 0.200. The first kappa shape index (κ1) is 14.3. The first-order valence-corrected chi connectivity index (χ1v) is 8.54. The molecule has 0 fully saturated rings. The Morgan fingerprint density at radius 2 is 2.08 bits per heavy atom. The van der Waals surface area contributed by atoms with Crippen LogP contribution in [0.1, 0.15) is 12.0 Å². The lowest BCUT2D eigenvalue weighted by Crippen LogP contribution is -2.14. The van der Waals surface area contributed by atoms with Gasteiger partial charge in [-0.1, -0.05) is 29.8 Å². The van der Waals surface area contributed by atoms with E-state index in [1.807, 2.05) is 10.9 Å². The Bertz CT molecular complexity index is 1080. The summed E-state index contributed by atoms with van der Waals surface area (Å²) in [5.74, 6) is 0.866. The molecule has 0 aliphatic carbocycles. The summed E-state index contributed by atoms with van der Waals surface area (Å²) in [5.41, 5.74) is 6.52. The molecule has 0 atom stereocenters. The molecule has 2 aromatic heterocycles. The summed E-state index contributed by atoms with van der Waals surface area (Å²) in [5, 5.41) is 13.1.